The fourth-order valence-corrected chi connectivity index (χ4v) is 3.96. The first kappa shape index (κ1) is 25.2. The zero-order chi connectivity index (χ0) is 24.7. The number of amides is 2. The van der Waals surface area contributed by atoms with Gasteiger partial charge >= 0.3 is 0 Å². The molecule has 3 aromatic rings. The molecule has 2 atom stereocenters. The van der Waals surface area contributed by atoms with E-state index >= 15 is 0 Å². The smallest absolute Gasteiger partial charge is 0.269 e. The van der Waals surface area contributed by atoms with E-state index in [0.29, 0.717) is 22.1 Å². The summed E-state index contributed by atoms with van der Waals surface area (Å²) in [6, 6.07) is 12.6. The molecule has 11 heteroatoms. The van der Waals surface area contributed by atoms with E-state index in [2.05, 4.69) is 36.8 Å². The van der Waals surface area contributed by atoms with Crippen molar-refractivity contribution in [3.05, 3.63) is 74.8 Å². The fraction of sp³-hybridized carbons (Fsp3) is 0.217. The van der Waals surface area contributed by atoms with Crippen molar-refractivity contribution in [1.29, 1.82) is 0 Å². The Labute approximate surface area is 208 Å². The van der Waals surface area contributed by atoms with Gasteiger partial charge in [0.2, 0.25) is 16.9 Å². The third-order valence-electron chi connectivity index (χ3n) is 5.07. The molecule has 0 aliphatic heterocycles. The maximum absolute atomic E-state index is 12.9. The lowest BCUT2D eigenvalue weighted by Crippen LogP contribution is -2.47. The summed E-state index contributed by atoms with van der Waals surface area (Å²) in [5.41, 5.74) is 1.47. The predicted molar refractivity (Wildman–Crippen MR) is 135 cm³/mol. The molecule has 0 saturated heterocycles. The first-order chi connectivity index (χ1) is 16.3. The molecule has 2 N–H and O–H groups in total. The van der Waals surface area contributed by atoms with Crippen LogP contribution in [0.3, 0.4) is 0 Å². The van der Waals surface area contributed by atoms with Gasteiger partial charge in [-0.05, 0) is 41.8 Å². The zero-order valence-electron chi connectivity index (χ0n) is 18.4. The van der Waals surface area contributed by atoms with Crippen molar-refractivity contribution >= 4 is 56.0 Å². The highest BCUT2D eigenvalue weighted by molar-refractivity contribution is 9.10. The third kappa shape index (κ3) is 6.78. The molecule has 3 rings (SSSR count). The molecule has 0 aliphatic carbocycles. The Kier molecular flexibility index (Phi) is 8.61. The summed E-state index contributed by atoms with van der Waals surface area (Å²) in [5, 5.41) is 25.4. The van der Waals surface area contributed by atoms with E-state index in [1.807, 2.05) is 38.1 Å². The molecule has 2 aromatic carbocycles. The van der Waals surface area contributed by atoms with Gasteiger partial charge in [-0.2, -0.15) is 0 Å². The number of nitrogens with one attached hydrogen (secondary N) is 2. The van der Waals surface area contributed by atoms with Crippen LogP contribution in [-0.2, 0) is 9.59 Å². The maximum Gasteiger partial charge on any atom is 0.269 e. The van der Waals surface area contributed by atoms with Crippen molar-refractivity contribution in [1.82, 2.24) is 15.5 Å². The Morgan fingerprint density at radius 2 is 1.82 bits per heavy atom. The number of nitrogens with zero attached hydrogens (tertiary/aromatic N) is 3. The molecule has 0 aliphatic rings. The molecule has 0 spiro atoms. The summed E-state index contributed by atoms with van der Waals surface area (Å²) in [6.07, 6.45) is 3.49. The van der Waals surface area contributed by atoms with E-state index in [0.717, 1.165) is 10.0 Å². The van der Waals surface area contributed by atoms with Crippen LogP contribution < -0.4 is 10.6 Å². The van der Waals surface area contributed by atoms with Crippen molar-refractivity contribution in [3.8, 4) is 10.6 Å². The van der Waals surface area contributed by atoms with Crippen LogP contribution in [0.25, 0.3) is 16.6 Å². The number of halogens is 1. The van der Waals surface area contributed by atoms with Crippen LogP contribution >= 0.6 is 27.3 Å². The van der Waals surface area contributed by atoms with Crippen LogP contribution in [0, 0.1) is 16.0 Å². The molecule has 176 valence electrons. The van der Waals surface area contributed by atoms with E-state index in [-0.39, 0.29) is 17.5 Å². The second-order valence-corrected chi connectivity index (χ2v) is 9.36. The number of rotatable bonds is 9. The summed E-state index contributed by atoms with van der Waals surface area (Å²) >= 11 is 4.63. The molecule has 0 unspecified atom stereocenters. The topological polar surface area (TPSA) is 127 Å². The van der Waals surface area contributed by atoms with Crippen LogP contribution in [0.4, 0.5) is 10.8 Å². The first-order valence-electron chi connectivity index (χ1n) is 10.4. The van der Waals surface area contributed by atoms with Crippen molar-refractivity contribution in [2.24, 2.45) is 5.92 Å². The van der Waals surface area contributed by atoms with Gasteiger partial charge in [-0.3, -0.25) is 25.0 Å². The summed E-state index contributed by atoms with van der Waals surface area (Å²) in [4.78, 5) is 35.7. The Morgan fingerprint density at radius 3 is 2.44 bits per heavy atom. The van der Waals surface area contributed by atoms with Crippen LogP contribution in [-0.4, -0.2) is 33.0 Å². The van der Waals surface area contributed by atoms with Gasteiger partial charge in [0.15, 0.2) is 0 Å². The number of anilines is 1. The minimum absolute atomic E-state index is 0.0323. The van der Waals surface area contributed by atoms with E-state index in [1.54, 1.807) is 12.1 Å². The predicted octanol–water partition coefficient (Wildman–Crippen LogP) is 5.06. The molecule has 1 aromatic heterocycles. The van der Waals surface area contributed by atoms with Crippen molar-refractivity contribution in [2.75, 3.05) is 5.32 Å². The summed E-state index contributed by atoms with van der Waals surface area (Å²) in [5.74, 6) is -0.966. The molecule has 2 amide bonds. The SMILES string of the molecule is CC[C@H](C)[C@H](NC(=O)/C=C/c1ccc([N+](=O)[O-])cc1)C(=O)Nc1nnc(-c2ccc(Br)cc2)s1. The molecule has 0 saturated carbocycles. The standard InChI is InChI=1S/C23H22BrN5O4S/c1-3-14(2)20(25-19(30)13-6-15-4-11-18(12-5-15)29(32)33)21(31)26-23-28-27-22(34-23)16-7-9-17(24)10-8-16/h4-14,20H,3H2,1-2H3,(H,25,30)(H,26,28,31)/b13-6+/t14-,20-/m0/s1. The number of hydrogen-bond donors (Lipinski definition) is 2. The third-order valence-corrected chi connectivity index (χ3v) is 6.49. The Balaban J connectivity index is 1.65. The number of benzene rings is 2. The monoisotopic (exact) mass is 543 g/mol. The molecule has 0 bridgehead atoms. The van der Waals surface area contributed by atoms with Crippen LogP contribution in [0.1, 0.15) is 25.8 Å². The largest absolute Gasteiger partial charge is 0.340 e. The van der Waals surface area contributed by atoms with Gasteiger partial charge in [0.05, 0.1) is 4.92 Å². The number of non-ortho nitro benzene ring substituents is 1. The number of hydrogen-bond acceptors (Lipinski definition) is 7. The Bertz CT molecular complexity index is 1190. The van der Waals surface area contributed by atoms with E-state index in [9.17, 15) is 19.7 Å². The molecule has 34 heavy (non-hydrogen) atoms. The molecule has 0 radical (unpaired) electrons. The number of nitro benzene ring substituents is 1. The normalized spacial score (nSPS) is 12.8. The van der Waals surface area contributed by atoms with Gasteiger partial charge in [0.1, 0.15) is 11.0 Å². The second kappa shape index (κ2) is 11.6. The quantitative estimate of drug-likeness (QED) is 0.220. The number of nitro groups is 1. The lowest BCUT2D eigenvalue weighted by Gasteiger charge is -2.22. The van der Waals surface area contributed by atoms with Crippen LogP contribution in [0.15, 0.2) is 59.1 Å². The van der Waals surface area contributed by atoms with Crippen molar-refractivity contribution < 1.29 is 14.5 Å². The minimum atomic E-state index is -0.779. The van der Waals surface area contributed by atoms with Crippen molar-refractivity contribution in [3.63, 3.8) is 0 Å². The van der Waals surface area contributed by atoms with E-state index in [1.165, 1.54) is 35.6 Å². The van der Waals surface area contributed by atoms with Crippen LogP contribution in [0.5, 0.6) is 0 Å². The van der Waals surface area contributed by atoms with Gasteiger partial charge in [0.25, 0.3) is 5.69 Å². The number of carbonyl (C=O) groups is 2. The molecular weight excluding hydrogens is 522 g/mol. The highest BCUT2D eigenvalue weighted by Gasteiger charge is 2.26. The zero-order valence-corrected chi connectivity index (χ0v) is 20.8. The van der Waals surface area contributed by atoms with Gasteiger partial charge in [-0.1, -0.05) is 59.7 Å². The Morgan fingerprint density at radius 1 is 1.15 bits per heavy atom. The Hall–Kier alpha value is -3.44. The van der Waals surface area contributed by atoms with Crippen molar-refractivity contribution in [2.45, 2.75) is 26.3 Å². The highest BCUT2D eigenvalue weighted by atomic mass is 79.9. The van der Waals surface area contributed by atoms with E-state index < -0.39 is 16.9 Å². The second-order valence-electron chi connectivity index (χ2n) is 7.46. The number of aromatic nitrogens is 2. The van der Waals surface area contributed by atoms with Crippen LogP contribution in [0.2, 0.25) is 0 Å². The van der Waals surface area contributed by atoms with Gasteiger partial charge in [-0.25, -0.2) is 0 Å². The van der Waals surface area contributed by atoms with Gasteiger partial charge < -0.3 is 5.32 Å². The number of carbonyl (C=O) groups excluding carboxylic acids is 2. The first-order valence-corrected chi connectivity index (χ1v) is 12.0. The van der Waals surface area contributed by atoms with E-state index in [4.69, 9.17) is 0 Å². The fourth-order valence-electron chi connectivity index (χ4n) is 2.95. The summed E-state index contributed by atoms with van der Waals surface area (Å²) in [7, 11) is 0. The lowest BCUT2D eigenvalue weighted by molar-refractivity contribution is -0.384. The summed E-state index contributed by atoms with van der Waals surface area (Å²) in [6.45, 7) is 3.80. The average Bonchev–Trinajstić information content (AvgIpc) is 3.29. The molecular formula is C23H22BrN5O4S. The summed E-state index contributed by atoms with van der Waals surface area (Å²) < 4.78 is 0.948. The average molecular weight is 544 g/mol. The maximum atomic E-state index is 12.9. The van der Waals surface area contributed by atoms with Gasteiger partial charge in [-0.15, -0.1) is 10.2 Å². The molecule has 9 nitrogen and oxygen atoms in total. The molecule has 1 heterocycles. The highest BCUT2D eigenvalue weighted by Crippen LogP contribution is 2.27. The minimum Gasteiger partial charge on any atom is -0.340 e. The molecule has 0 fully saturated rings. The lowest BCUT2D eigenvalue weighted by atomic mass is 9.98. The van der Waals surface area contributed by atoms with Gasteiger partial charge in [0, 0.05) is 28.2 Å².